The highest BCUT2D eigenvalue weighted by Crippen LogP contribution is 2.40. The van der Waals surface area contributed by atoms with E-state index in [1.807, 2.05) is 12.1 Å². The maximum absolute atomic E-state index is 9.62. The molecule has 0 heterocycles. The van der Waals surface area contributed by atoms with E-state index in [1.165, 1.54) is 6.07 Å². The summed E-state index contributed by atoms with van der Waals surface area (Å²) in [5.41, 5.74) is 1.75. The number of halogens is 2. The smallest absolute Gasteiger partial charge is 0.134 e. The van der Waals surface area contributed by atoms with Gasteiger partial charge < -0.3 is 10.2 Å². The van der Waals surface area contributed by atoms with Crippen LogP contribution in [-0.2, 0) is 0 Å². The summed E-state index contributed by atoms with van der Waals surface area (Å²) in [6, 6.07) is 13.8. The molecule has 20 heavy (non-hydrogen) atoms. The highest BCUT2D eigenvalue weighted by molar-refractivity contribution is 6.42. The predicted molar refractivity (Wildman–Crippen MR) is 82.7 cm³/mol. The van der Waals surface area contributed by atoms with E-state index in [4.69, 9.17) is 23.2 Å². The lowest BCUT2D eigenvalue weighted by Crippen LogP contribution is -1.83. The van der Waals surface area contributed by atoms with Crippen LogP contribution in [0.25, 0.3) is 21.9 Å². The molecule has 3 aromatic carbocycles. The molecule has 2 N–H and O–H groups in total. The van der Waals surface area contributed by atoms with Crippen LogP contribution in [-0.4, -0.2) is 10.2 Å². The molecule has 100 valence electrons. The molecular weight excluding hydrogens is 295 g/mol. The quantitative estimate of drug-likeness (QED) is 0.646. The van der Waals surface area contributed by atoms with Crippen molar-refractivity contribution in [3.63, 3.8) is 0 Å². The van der Waals surface area contributed by atoms with Gasteiger partial charge in [0.1, 0.15) is 11.5 Å². The standard InChI is InChI=1S/C16H10Cl2O2/c17-15-11(9-1-3-10(19)4-2-9)5-6-13-12(15)7-8-14(20)16(13)18/h1-8,19-20H. The first kappa shape index (κ1) is 13.1. The van der Waals surface area contributed by atoms with Gasteiger partial charge in [0.05, 0.1) is 10.0 Å². The van der Waals surface area contributed by atoms with Crippen LogP contribution in [0.15, 0.2) is 48.5 Å². The van der Waals surface area contributed by atoms with Gasteiger partial charge in [-0.05, 0) is 29.8 Å². The second-order valence-electron chi connectivity index (χ2n) is 4.47. The van der Waals surface area contributed by atoms with Crippen molar-refractivity contribution in [3.05, 3.63) is 58.6 Å². The van der Waals surface area contributed by atoms with E-state index in [2.05, 4.69) is 0 Å². The Morgan fingerprint density at radius 2 is 1.25 bits per heavy atom. The topological polar surface area (TPSA) is 40.5 Å². The van der Waals surface area contributed by atoms with Crippen molar-refractivity contribution in [1.82, 2.24) is 0 Å². The fourth-order valence-electron chi connectivity index (χ4n) is 2.18. The Morgan fingerprint density at radius 1 is 0.650 bits per heavy atom. The summed E-state index contributed by atoms with van der Waals surface area (Å²) < 4.78 is 0. The summed E-state index contributed by atoms with van der Waals surface area (Å²) in [5, 5.41) is 21.3. The van der Waals surface area contributed by atoms with Crippen molar-refractivity contribution >= 4 is 34.0 Å². The fourth-order valence-corrected chi connectivity index (χ4v) is 2.75. The monoisotopic (exact) mass is 304 g/mol. The summed E-state index contributed by atoms with van der Waals surface area (Å²) in [7, 11) is 0. The van der Waals surface area contributed by atoms with Crippen molar-refractivity contribution in [2.24, 2.45) is 0 Å². The van der Waals surface area contributed by atoms with E-state index in [-0.39, 0.29) is 11.5 Å². The van der Waals surface area contributed by atoms with Gasteiger partial charge in [-0.3, -0.25) is 0 Å². The SMILES string of the molecule is Oc1ccc(-c2ccc3c(Cl)c(O)ccc3c2Cl)cc1. The van der Waals surface area contributed by atoms with Crippen LogP contribution in [0.3, 0.4) is 0 Å². The number of benzene rings is 3. The number of hydrogen-bond acceptors (Lipinski definition) is 2. The average Bonchev–Trinajstić information content (AvgIpc) is 2.45. The number of aromatic hydroxyl groups is 2. The van der Waals surface area contributed by atoms with E-state index < -0.39 is 0 Å². The Morgan fingerprint density at radius 3 is 1.95 bits per heavy atom. The summed E-state index contributed by atoms with van der Waals surface area (Å²) in [5.74, 6) is 0.242. The van der Waals surface area contributed by atoms with E-state index in [1.54, 1.807) is 30.3 Å². The zero-order valence-electron chi connectivity index (χ0n) is 10.3. The number of hydrogen-bond donors (Lipinski definition) is 2. The highest BCUT2D eigenvalue weighted by atomic mass is 35.5. The zero-order chi connectivity index (χ0) is 14.3. The first-order valence-electron chi connectivity index (χ1n) is 5.97. The van der Waals surface area contributed by atoms with Gasteiger partial charge in [0, 0.05) is 16.3 Å². The molecule has 0 aromatic heterocycles. The molecule has 2 nitrogen and oxygen atoms in total. The van der Waals surface area contributed by atoms with Crippen LogP contribution in [0.2, 0.25) is 10.0 Å². The molecule has 0 unspecified atom stereocenters. The Balaban J connectivity index is 2.26. The summed E-state index contributed by atoms with van der Waals surface area (Å²) >= 11 is 12.5. The molecule has 0 fully saturated rings. The van der Waals surface area contributed by atoms with E-state index >= 15 is 0 Å². The van der Waals surface area contributed by atoms with Gasteiger partial charge in [0.25, 0.3) is 0 Å². The van der Waals surface area contributed by atoms with Crippen LogP contribution >= 0.6 is 23.2 Å². The lowest BCUT2D eigenvalue weighted by Gasteiger charge is -2.10. The van der Waals surface area contributed by atoms with Crippen LogP contribution < -0.4 is 0 Å². The van der Waals surface area contributed by atoms with E-state index in [9.17, 15) is 10.2 Å². The highest BCUT2D eigenvalue weighted by Gasteiger charge is 2.11. The van der Waals surface area contributed by atoms with Crippen LogP contribution in [0.5, 0.6) is 11.5 Å². The maximum Gasteiger partial charge on any atom is 0.134 e. The third kappa shape index (κ3) is 2.07. The van der Waals surface area contributed by atoms with E-state index in [0.717, 1.165) is 16.5 Å². The second kappa shape index (κ2) is 4.89. The molecule has 3 aromatic rings. The second-order valence-corrected chi connectivity index (χ2v) is 5.22. The van der Waals surface area contributed by atoms with Gasteiger partial charge >= 0.3 is 0 Å². The largest absolute Gasteiger partial charge is 0.508 e. The van der Waals surface area contributed by atoms with Crippen LogP contribution in [0, 0.1) is 0 Å². The number of phenols is 2. The molecule has 0 aliphatic heterocycles. The Kier molecular flexibility index (Phi) is 3.20. The normalized spacial score (nSPS) is 10.9. The zero-order valence-corrected chi connectivity index (χ0v) is 11.8. The molecule has 4 heteroatoms. The van der Waals surface area contributed by atoms with Crippen molar-refractivity contribution in [2.45, 2.75) is 0 Å². The molecule has 3 rings (SSSR count). The fraction of sp³-hybridized carbons (Fsp3) is 0. The third-order valence-corrected chi connectivity index (χ3v) is 4.03. The molecule has 0 saturated carbocycles. The minimum Gasteiger partial charge on any atom is -0.508 e. The summed E-state index contributed by atoms with van der Waals surface area (Å²) in [6.45, 7) is 0. The Bertz CT molecular complexity index is 796. The van der Waals surface area contributed by atoms with Crippen LogP contribution in [0.1, 0.15) is 0 Å². The molecule has 0 amide bonds. The van der Waals surface area contributed by atoms with E-state index in [0.29, 0.717) is 15.4 Å². The third-order valence-electron chi connectivity index (χ3n) is 3.23. The molecule has 0 aliphatic carbocycles. The molecule has 0 spiro atoms. The number of rotatable bonds is 1. The molecule has 0 bridgehead atoms. The van der Waals surface area contributed by atoms with Gasteiger partial charge in [-0.15, -0.1) is 0 Å². The first-order chi connectivity index (χ1) is 9.58. The maximum atomic E-state index is 9.62. The molecule has 0 saturated heterocycles. The Labute approximate surface area is 125 Å². The first-order valence-corrected chi connectivity index (χ1v) is 6.72. The van der Waals surface area contributed by atoms with Crippen molar-refractivity contribution in [1.29, 1.82) is 0 Å². The summed E-state index contributed by atoms with van der Waals surface area (Å²) in [4.78, 5) is 0. The van der Waals surface area contributed by atoms with Gasteiger partial charge in [0.2, 0.25) is 0 Å². The lowest BCUT2D eigenvalue weighted by atomic mass is 10.0. The molecular formula is C16H10Cl2O2. The van der Waals surface area contributed by atoms with Gasteiger partial charge in [-0.2, -0.15) is 0 Å². The molecule has 0 aliphatic rings. The predicted octanol–water partition coefficient (Wildman–Crippen LogP) is 5.22. The van der Waals surface area contributed by atoms with Gasteiger partial charge in [-0.1, -0.05) is 47.5 Å². The van der Waals surface area contributed by atoms with Crippen molar-refractivity contribution in [2.75, 3.05) is 0 Å². The minimum absolute atomic E-state index is 0.0348. The van der Waals surface area contributed by atoms with Crippen molar-refractivity contribution in [3.8, 4) is 22.6 Å². The Hall–Kier alpha value is -1.90. The lowest BCUT2D eigenvalue weighted by molar-refractivity contribution is 0.475. The van der Waals surface area contributed by atoms with Crippen molar-refractivity contribution < 1.29 is 10.2 Å². The van der Waals surface area contributed by atoms with Crippen LogP contribution in [0.4, 0.5) is 0 Å². The average molecular weight is 305 g/mol. The number of phenolic OH excluding ortho intramolecular Hbond substituents is 2. The summed E-state index contributed by atoms with van der Waals surface area (Å²) in [6.07, 6.45) is 0. The molecule has 0 radical (unpaired) electrons. The minimum atomic E-state index is 0.0348. The van der Waals surface area contributed by atoms with Gasteiger partial charge in [0.15, 0.2) is 0 Å². The van der Waals surface area contributed by atoms with Gasteiger partial charge in [-0.25, -0.2) is 0 Å². The number of fused-ring (bicyclic) bond motifs is 1. The molecule has 0 atom stereocenters.